The van der Waals surface area contributed by atoms with Crippen LogP contribution in [0.2, 0.25) is 0 Å². The summed E-state index contributed by atoms with van der Waals surface area (Å²) in [4.78, 5) is 32.3. The number of methoxy groups -OCH3 is 2. The zero-order chi connectivity index (χ0) is 47.1. The minimum absolute atomic E-state index is 0.185. The Balaban J connectivity index is 1.01. The second-order valence-electron chi connectivity index (χ2n) is 16.7. The van der Waals surface area contributed by atoms with Gasteiger partial charge in [-0.25, -0.2) is 4.39 Å². The first-order valence-corrected chi connectivity index (χ1v) is 23.0. The van der Waals surface area contributed by atoms with Gasteiger partial charge in [0.15, 0.2) is 6.61 Å². The number of halogens is 1. The predicted molar refractivity (Wildman–Crippen MR) is 266 cm³/mol. The lowest BCUT2D eigenvalue weighted by Gasteiger charge is -2.23. The monoisotopic (exact) mass is 912 g/mol. The largest absolute Gasteiger partial charge is 0.497 e. The van der Waals surface area contributed by atoms with E-state index in [1.807, 2.05) is 60.7 Å². The molecule has 12 nitrogen and oxygen atoms in total. The number of hydrogen-bond donors (Lipinski definition) is 4. The molecule has 0 saturated heterocycles. The number of pyridine rings is 1. The second kappa shape index (κ2) is 23.1. The van der Waals surface area contributed by atoms with E-state index >= 15 is 0 Å². The summed E-state index contributed by atoms with van der Waals surface area (Å²) in [6.07, 6.45) is 10.7. The number of benzene rings is 5. The zero-order valence-corrected chi connectivity index (χ0v) is 38.7. The maximum Gasteiger partial charge on any atom is 0.258 e. The first-order valence-electron chi connectivity index (χ1n) is 23.0. The summed E-state index contributed by atoms with van der Waals surface area (Å²) in [5.74, 6) is 2.10. The molecule has 2 heterocycles. The number of carbonyl (C=O) groups excluding carboxylic acids is 1. The van der Waals surface area contributed by atoms with Crippen molar-refractivity contribution in [1.82, 2.24) is 25.3 Å². The molecular weight excluding hydrogens is 856 g/mol. The summed E-state index contributed by atoms with van der Waals surface area (Å²) in [6.45, 7) is 2.74. The van der Waals surface area contributed by atoms with E-state index in [0.29, 0.717) is 48.7 Å². The highest BCUT2D eigenvalue weighted by molar-refractivity contribution is 5.78. The number of nitrogens with zero attached hydrogens (tertiary/aromatic N) is 4. The molecule has 348 valence electrons. The summed E-state index contributed by atoms with van der Waals surface area (Å²) in [7, 11) is 3.21. The molecule has 0 fully saturated rings. The standard InChI is InChI=1S/C55H57FN8O4/c1-37-13-17-41(18-14-37)51(42-21-19-40(20-22-42)39-10-6-4-5-7-11-39)60-50(65)36-68-46-27-23-43(24-28-46)52(48-30-29-47(66-2)34-49(48)67-3)61-55-63-53(58-33-31-45-12-8-9-32-57-45)62-54(64-55)59-35-38-15-25-44(56)26-16-38/h8-10,12-30,32,34,51-52H,4-7,11,31,33,35-36H2,1-3H3,(H,60,65)(H3,58,59,61,62,63,64). The van der Waals surface area contributed by atoms with E-state index in [1.54, 1.807) is 32.5 Å². The van der Waals surface area contributed by atoms with Crippen LogP contribution in [0.3, 0.4) is 0 Å². The molecule has 0 bridgehead atoms. The average molecular weight is 913 g/mol. The molecule has 0 saturated carbocycles. The summed E-state index contributed by atoms with van der Waals surface area (Å²) >= 11 is 0. The minimum atomic E-state index is -0.539. The van der Waals surface area contributed by atoms with Crippen molar-refractivity contribution in [3.8, 4) is 17.2 Å². The van der Waals surface area contributed by atoms with E-state index in [1.165, 1.54) is 42.5 Å². The van der Waals surface area contributed by atoms with Crippen LogP contribution in [0.15, 0.2) is 146 Å². The molecule has 2 atom stereocenters. The van der Waals surface area contributed by atoms with Crippen LogP contribution < -0.4 is 35.5 Å². The van der Waals surface area contributed by atoms with Crippen LogP contribution in [0.4, 0.5) is 22.2 Å². The lowest BCUT2D eigenvalue weighted by molar-refractivity contribution is -0.123. The van der Waals surface area contributed by atoms with Crippen LogP contribution >= 0.6 is 0 Å². The second-order valence-corrected chi connectivity index (χ2v) is 16.7. The van der Waals surface area contributed by atoms with E-state index in [4.69, 9.17) is 24.2 Å². The number of hydrogen-bond acceptors (Lipinski definition) is 11. The fourth-order valence-electron chi connectivity index (χ4n) is 8.15. The molecule has 0 radical (unpaired) electrons. The van der Waals surface area contributed by atoms with Gasteiger partial charge in [0.25, 0.3) is 5.91 Å². The fourth-order valence-corrected chi connectivity index (χ4v) is 8.15. The van der Waals surface area contributed by atoms with Crippen LogP contribution in [-0.4, -0.2) is 53.2 Å². The van der Waals surface area contributed by atoms with Crippen LogP contribution in [0, 0.1) is 12.7 Å². The van der Waals surface area contributed by atoms with Crippen LogP contribution in [0.1, 0.15) is 88.8 Å². The number of allylic oxidation sites excluding steroid dienone is 2. The van der Waals surface area contributed by atoms with Gasteiger partial charge in [-0.3, -0.25) is 9.78 Å². The Hall–Kier alpha value is -7.80. The molecule has 0 aliphatic heterocycles. The summed E-state index contributed by atoms with van der Waals surface area (Å²) in [5, 5.41) is 13.4. The highest BCUT2D eigenvalue weighted by Crippen LogP contribution is 2.36. The molecular formula is C55H57FN8O4. The molecule has 1 aliphatic carbocycles. The lowest BCUT2D eigenvalue weighted by atomic mass is 9.94. The van der Waals surface area contributed by atoms with Crippen LogP contribution in [0.25, 0.3) is 5.57 Å². The van der Waals surface area contributed by atoms with Crippen molar-refractivity contribution in [2.45, 2.75) is 64.1 Å². The first-order chi connectivity index (χ1) is 33.3. The smallest absolute Gasteiger partial charge is 0.258 e. The van der Waals surface area contributed by atoms with E-state index in [0.717, 1.165) is 51.9 Å². The number of aromatic nitrogens is 4. The molecule has 4 N–H and O–H groups in total. The molecule has 8 rings (SSSR count). The van der Waals surface area contributed by atoms with E-state index < -0.39 is 6.04 Å². The third-order valence-corrected chi connectivity index (χ3v) is 11.9. The number of rotatable bonds is 20. The van der Waals surface area contributed by atoms with Crippen molar-refractivity contribution in [2.24, 2.45) is 0 Å². The van der Waals surface area contributed by atoms with Crippen molar-refractivity contribution >= 4 is 29.3 Å². The summed E-state index contributed by atoms with van der Waals surface area (Å²) in [5.41, 5.74) is 9.17. The molecule has 13 heteroatoms. The number of anilines is 3. The van der Waals surface area contributed by atoms with Crippen LogP contribution in [-0.2, 0) is 17.8 Å². The van der Waals surface area contributed by atoms with E-state index in [-0.39, 0.29) is 30.3 Å². The van der Waals surface area contributed by atoms with E-state index in [2.05, 4.69) is 92.8 Å². The first kappa shape index (κ1) is 46.7. The predicted octanol–water partition coefficient (Wildman–Crippen LogP) is 10.8. The maximum absolute atomic E-state index is 13.7. The third kappa shape index (κ3) is 12.8. The van der Waals surface area contributed by atoms with Gasteiger partial charge >= 0.3 is 0 Å². The quantitative estimate of drug-likeness (QED) is 0.0580. The molecule has 7 aromatic rings. The Labute approximate surface area is 397 Å². The van der Waals surface area contributed by atoms with E-state index in [9.17, 15) is 9.18 Å². The molecule has 5 aromatic carbocycles. The number of amides is 1. The topological polar surface area (TPSA) is 144 Å². The molecule has 1 amide bonds. The molecule has 2 aromatic heterocycles. The number of nitrogens with one attached hydrogen (secondary N) is 4. The van der Waals surface area contributed by atoms with Gasteiger partial charge in [0.05, 0.1) is 26.3 Å². The van der Waals surface area contributed by atoms with Crippen molar-refractivity contribution in [3.63, 3.8) is 0 Å². The third-order valence-electron chi connectivity index (χ3n) is 11.9. The number of ether oxygens (including phenoxy) is 3. The van der Waals surface area contributed by atoms with Gasteiger partial charge in [0.1, 0.15) is 23.1 Å². The van der Waals surface area contributed by atoms with Crippen LogP contribution in [0.5, 0.6) is 17.2 Å². The zero-order valence-electron chi connectivity index (χ0n) is 38.7. The van der Waals surface area contributed by atoms with Crippen molar-refractivity contribution in [1.29, 1.82) is 0 Å². The van der Waals surface area contributed by atoms with Gasteiger partial charge in [0, 0.05) is 43.0 Å². The Morgan fingerprint density at radius 3 is 2.12 bits per heavy atom. The summed E-state index contributed by atoms with van der Waals surface area (Å²) in [6, 6.07) is 41.1. The van der Waals surface area contributed by atoms with Crippen molar-refractivity contribution < 1.29 is 23.4 Å². The van der Waals surface area contributed by atoms with Crippen molar-refractivity contribution in [3.05, 3.63) is 196 Å². The molecule has 68 heavy (non-hydrogen) atoms. The highest BCUT2D eigenvalue weighted by atomic mass is 19.1. The minimum Gasteiger partial charge on any atom is -0.497 e. The molecule has 0 spiro atoms. The SMILES string of the molecule is COc1ccc(C(Nc2nc(NCCc3ccccn3)nc(NCc3ccc(F)cc3)n2)c2ccc(OCC(=O)NC(c3ccc(C)cc3)c3ccc(C4=CCCCCC4)cc3)cc2)c(OC)c1. The number of aryl methyl sites for hydroxylation is 1. The lowest BCUT2D eigenvalue weighted by Crippen LogP contribution is -2.33. The molecule has 1 aliphatic rings. The maximum atomic E-state index is 13.7. The van der Waals surface area contributed by atoms with Gasteiger partial charge in [-0.2, -0.15) is 15.0 Å². The Kier molecular flexibility index (Phi) is 15.9. The Morgan fingerprint density at radius 2 is 1.40 bits per heavy atom. The van der Waals surface area contributed by atoms with Gasteiger partial charge in [0.2, 0.25) is 17.8 Å². The summed E-state index contributed by atoms with van der Waals surface area (Å²) < 4.78 is 31.2. The van der Waals surface area contributed by atoms with Gasteiger partial charge < -0.3 is 35.5 Å². The Morgan fingerprint density at radius 1 is 0.706 bits per heavy atom. The highest BCUT2D eigenvalue weighted by Gasteiger charge is 2.23. The average Bonchev–Trinajstić information content (AvgIpc) is 3.67. The Bertz CT molecular complexity index is 2760. The normalized spacial score (nSPS) is 13.3. The van der Waals surface area contributed by atoms with Gasteiger partial charge in [-0.05, 0) is 115 Å². The fraction of sp³-hybridized carbons (Fsp3) is 0.255. The van der Waals surface area contributed by atoms with Crippen molar-refractivity contribution in [2.75, 3.05) is 43.3 Å². The van der Waals surface area contributed by atoms with Gasteiger partial charge in [-0.1, -0.05) is 96.9 Å². The number of carbonyl (C=O) groups is 1. The molecule has 2 unspecified atom stereocenters. The van der Waals surface area contributed by atoms with Gasteiger partial charge in [-0.15, -0.1) is 0 Å².